The zero-order valence-electron chi connectivity index (χ0n) is 17.8. The van der Waals surface area contributed by atoms with Crippen molar-refractivity contribution in [3.63, 3.8) is 0 Å². The second-order valence-electron chi connectivity index (χ2n) is 7.30. The van der Waals surface area contributed by atoms with Gasteiger partial charge in [0.15, 0.2) is 5.69 Å². The summed E-state index contributed by atoms with van der Waals surface area (Å²) in [4.78, 5) is 29.0. The molecule has 7 nitrogen and oxygen atoms in total. The van der Waals surface area contributed by atoms with Crippen molar-refractivity contribution >= 4 is 27.9 Å². The van der Waals surface area contributed by atoms with Crippen LogP contribution in [0.25, 0.3) is 22.3 Å². The number of nitrogens with zero attached hydrogens (tertiary/aromatic N) is 2. The normalized spacial score (nSPS) is 11.1. The van der Waals surface area contributed by atoms with Crippen LogP contribution in [0.15, 0.2) is 51.7 Å². The minimum Gasteiger partial charge on any atom is -0.477 e. The zero-order valence-corrected chi connectivity index (χ0v) is 19.4. The monoisotopic (exact) mass is 496 g/mol. The summed E-state index contributed by atoms with van der Waals surface area (Å²) < 4.78 is 12.9. The van der Waals surface area contributed by atoms with Crippen LogP contribution in [0.1, 0.15) is 44.9 Å². The van der Waals surface area contributed by atoms with E-state index in [-0.39, 0.29) is 12.2 Å². The van der Waals surface area contributed by atoms with Crippen LogP contribution < -0.4 is 0 Å². The zero-order chi connectivity index (χ0) is 23.0. The molecular formula is C24H21BrN2O5. The van der Waals surface area contributed by atoms with Gasteiger partial charge in [0.25, 0.3) is 0 Å². The highest BCUT2D eigenvalue weighted by Crippen LogP contribution is 2.47. The molecule has 0 bridgehead atoms. The van der Waals surface area contributed by atoms with E-state index in [2.05, 4.69) is 20.9 Å². The number of imidazole rings is 1. The number of aromatic nitrogens is 2. The van der Waals surface area contributed by atoms with E-state index in [4.69, 9.17) is 9.15 Å². The molecule has 32 heavy (non-hydrogen) atoms. The lowest BCUT2D eigenvalue weighted by Gasteiger charge is -2.14. The van der Waals surface area contributed by atoms with Crippen molar-refractivity contribution in [2.75, 3.05) is 7.11 Å². The number of hydrogen-bond acceptors (Lipinski definition) is 5. The number of fused-ring (bicyclic) bond motifs is 1. The van der Waals surface area contributed by atoms with Crippen molar-refractivity contribution in [1.29, 1.82) is 0 Å². The van der Waals surface area contributed by atoms with E-state index < -0.39 is 11.9 Å². The van der Waals surface area contributed by atoms with Crippen molar-refractivity contribution in [3.8, 4) is 22.3 Å². The van der Waals surface area contributed by atoms with Gasteiger partial charge in [0.2, 0.25) is 0 Å². The average Bonchev–Trinajstić information content (AvgIpc) is 3.27. The van der Waals surface area contributed by atoms with Crippen LogP contribution in [0.5, 0.6) is 0 Å². The average molecular weight is 497 g/mol. The van der Waals surface area contributed by atoms with Gasteiger partial charge in [-0.05, 0) is 51.7 Å². The SMILES string of the molecule is CCc1nc(C)c(C(=O)O)n1Cc1c2ccocc-2c(Br)c1-c1ccccc1C(=O)OC. The maximum Gasteiger partial charge on any atom is 0.354 e. The number of rotatable bonds is 6. The van der Waals surface area contributed by atoms with E-state index >= 15 is 0 Å². The molecule has 0 fully saturated rings. The molecule has 4 rings (SSSR count). The summed E-state index contributed by atoms with van der Waals surface area (Å²) in [7, 11) is 1.34. The Bertz CT molecular complexity index is 1300. The Hall–Kier alpha value is -3.39. The van der Waals surface area contributed by atoms with Gasteiger partial charge in [-0.15, -0.1) is 0 Å². The van der Waals surface area contributed by atoms with E-state index in [1.807, 2.05) is 25.1 Å². The Balaban J connectivity index is 2.02. The molecule has 2 heterocycles. The number of aryl methyl sites for hydroxylation is 2. The molecule has 0 atom stereocenters. The van der Waals surface area contributed by atoms with Crippen molar-refractivity contribution < 1.29 is 23.8 Å². The first kappa shape index (κ1) is 21.8. The maximum atomic E-state index is 12.5. The lowest BCUT2D eigenvalue weighted by atomic mass is 9.97. The maximum absolute atomic E-state index is 12.5. The summed E-state index contributed by atoms with van der Waals surface area (Å²) in [5.74, 6) is -0.804. The summed E-state index contributed by atoms with van der Waals surface area (Å²) in [5, 5.41) is 9.84. The summed E-state index contributed by atoms with van der Waals surface area (Å²) in [6.45, 7) is 3.91. The van der Waals surface area contributed by atoms with Crippen molar-refractivity contribution in [2.24, 2.45) is 0 Å². The molecule has 1 N–H and O–H groups in total. The first-order valence-electron chi connectivity index (χ1n) is 10.0. The number of ether oxygens (including phenoxy) is 1. The Morgan fingerprint density at radius 2 is 1.94 bits per heavy atom. The first-order valence-corrected chi connectivity index (χ1v) is 10.8. The van der Waals surface area contributed by atoms with Crippen LogP contribution in [0.3, 0.4) is 0 Å². The lowest BCUT2D eigenvalue weighted by Crippen LogP contribution is -2.13. The molecule has 2 aliphatic rings. The summed E-state index contributed by atoms with van der Waals surface area (Å²) in [6, 6.07) is 9.03. The molecule has 0 saturated carbocycles. The van der Waals surface area contributed by atoms with E-state index in [0.29, 0.717) is 29.1 Å². The second kappa shape index (κ2) is 8.63. The highest BCUT2D eigenvalue weighted by Gasteiger charge is 2.28. The minimum atomic E-state index is -1.03. The molecule has 8 heteroatoms. The minimum absolute atomic E-state index is 0.153. The number of carbonyl (C=O) groups is 2. The standard InChI is InChI=1S/C24H21BrN2O5/c1-4-19-26-13(2)22(23(28)29)27(19)11-17-14-9-10-32-12-18(14)21(25)20(17)15-7-5-6-8-16(15)24(30)31-3/h5-10,12H,4,11H2,1-3H3,(H,28,29). The number of aromatic carboxylic acids is 1. The first-order chi connectivity index (χ1) is 15.4. The fraction of sp³-hybridized carbons (Fsp3) is 0.208. The highest BCUT2D eigenvalue weighted by atomic mass is 79.9. The van der Waals surface area contributed by atoms with Gasteiger partial charge in [-0.2, -0.15) is 0 Å². The number of esters is 1. The number of hydrogen-bond donors (Lipinski definition) is 1. The van der Waals surface area contributed by atoms with Crippen LogP contribution in [-0.2, 0) is 17.7 Å². The van der Waals surface area contributed by atoms with E-state index in [1.54, 1.807) is 36.1 Å². The third-order valence-electron chi connectivity index (χ3n) is 5.53. The van der Waals surface area contributed by atoms with Crippen LogP contribution in [0.4, 0.5) is 0 Å². The van der Waals surface area contributed by atoms with Gasteiger partial charge in [0.05, 0.1) is 37.4 Å². The predicted molar refractivity (Wildman–Crippen MR) is 122 cm³/mol. The molecule has 1 aliphatic carbocycles. The molecule has 0 amide bonds. The highest BCUT2D eigenvalue weighted by molar-refractivity contribution is 9.10. The fourth-order valence-electron chi connectivity index (χ4n) is 4.14. The largest absolute Gasteiger partial charge is 0.477 e. The summed E-state index contributed by atoms with van der Waals surface area (Å²) in [6.07, 6.45) is 3.79. The quantitative estimate of drug-likeness (QED) is 0.358. The van der Waals surface area contributed by atoms with Crippen molar-refractivity contribution in [1.82, 2.24) is 9.55 Å². The van der Waals surface area contributed by atoms with Gasteiger partial charge in [-0.3, -0.25) is 0 Å². The van der Waals surface area contributed by atoms with E-state index in [1.165, 1.54) is 7.11 Å². The molecule has 164 valence electrons. The van der Waals surface area contributed by atoms with Crippen LogP contribution in [-0.4, -0.2) is 33.7 Å². The second-order valence-corrected chi connectivity index (χ2v) is 8.09. The number of benzene rings is 1. The molecular weight excluding hydrogens is 476 g/mol. The van der Waals surface area contributed by atoms with Gasteiger partial charge in [-0.1, -0.05) is 25.1 Å². The van der Waals surface area contributed by atoms with Gasteiger partial charge in [0.1, 0.15) is 5.82 Å². The van der Waals surface area contributed by atoms with Crippen molar-refractivity contribution in [3.05, 3.63) is 75.7 Å². The molecule has 1 aliphatic heterocycles. The summed E-state index contributed by atoms with van der Waals surface area (Å²) >= 11 is 3.69. The fourth-order valence-corrected chi connectivity index (χ4v) is 4.90. The molecule has 0 saturated heterocycles. The number of methoxy groups -OCH3 is 1. The third kappa shape index (κ3) is 3.50. The molecule has 1 aromatic heterocycles. The van der Waals surface area contributed by atoms with Crippen molar-refractivity contribution in [2.45, 2.75) is 26.8 Å². The number of halogens is 1. The third-order valence-corrected chi connectivity index (χ3v) is 6.35. The predicted octanol–water partition coefficient (Wildman–Crippen LogP) is 5.41. The summed E-state index contributed by atoms with van der Waals surface area (Å²) in [5.41, 5.74) is 5.08. The Morgan fingerprint density at radius 1 is 1.19 bits per heavy atom. The van der Waals surface area contributed by atoms with Gasteiger partial charge in [-0.25, -0.2) is 14.6 Å². The smallest absolute Gasteiger partial charge is 0.354 e. The van der Waals surface area contributed by atoms with Crippen LogP contribution in [0, 0.1) is 6.92 Å². The molecule has 0 spiro atoms. The Morgan fingerprint density at radius 3 is 2.62 bits per heavy atom. The van der Waals surface area contributed by atoms with Crippen LogP contribution in [0.2, 0.25) is 0 Å². The van der Waals surface area contributed by atoms with E-state index in [9.17, 15) is 14.7 Å². The van der Waals surface area contributed by atoms with Gasteiger partial charge >= 0.3 is 11.9 Å². The lowest BCUT2D eigenvalue weighted by molar-refractivity contribution is 0.0600. The van der Waals surface area contributed by atoms with E-state index in [0.717, 1.165) is 26.7 Å². The number of carboxylic acid groups (broad SMARTS) is 1. The topological polar surface area (TPSA) is 94.6 Å². The molecule has 0 radical (unpaired) electrons. The van der Waals surface area contributed by atoms with Gasteiger partial charge in [0, 0.05) is 22.0 Å². The number of carbonyl (C=O) groups excluding carboxylic acids is 1. The van der Waals surface area contributed by atoms with Crippen LogP contribution >= 0.6 is 15.9 Å². The Labute approximate surface area is 193 Å². The van der Waals surface area contributed by atoms with Gasteiger partial charge < -0.3 is 18.8 Å². The molecule has 1 aromatic carbocycles. The molecule has 2 aromatic rings. The Kier molecular flexibility index (Phi) is 5.88. The number of carboxylic acids is 1. The molecule has 0 unspecified atom stereocenters.